The number of hydrogen-bond donors (Lipinski definition) is 2. The van der Waals surface area contributed by atoms with E-state index in [1.165, 1.54) is 11.1 Å². The lowest BCUT2D eigenvalue weighted by Crippen LogP contribution is -2.17. The molecular weight excluding hydrogens is 300 g/mol. The molecule has 0 saturated heterocycles. The molecule has 0 heterocycles. The van der Waals surface area contributed by atoms with Crippen molar-refractivity contribution in [2.45, 2.75) is 40.2 Å². The van der Waals surface area contributed by atoms with Crippen molar-refractivity contribution in [3.8, 4) is 5.75 Å². The van der Waals surface area contributed by atoms with Crippen molar-refractivity contribution >= 4 is 17.3 Å². The van der Waals surface area contributed by atoms with Crippen molar-refractivity contribution in [3.63, 3.8) is 0 Å². The van der Waals surface area contributed by atoms with Crippen LogP contribution in [-0.2, 0) is 4.79 Å². The van der Waals surface area contributed by atoms with E-state index in [-0.39, 0.29) is 12.0 Å². The van der Waals surface area contributed by atoms with E-state index >= 15 is 0 Å². The number of hydrogen-bond acceptors (Lipinski definition) is 3. The standard InChI is InChI=1S/C20H26N2O2/c1-14(2)24-19-8-6-5-7-18(19)22-20(23)11-12-21-17-10-9-15(3)13-16(17)4/h5-10,13-14,21H,11-12H2,1-4H3,(H,22,23). The molecule has 2 N–H and O–H groups in total. The number of para-hydroxylation sites is 2. The van der Waals surface area contributed by atoms with Crippen LogP contribution in [0.4, 0.5) is 11.4 Å². The number of rotatable bonds is 7. The summed E-state index contributed by atoms with van der Waals surface area (Å²) >= 11 is 0. The Kier molecular flexibility index (Phi) is 6.24. The minimum Gasteiger partial charge on any atom is -0.489 e. The zero-order chi connectivity index (χ0) is 17.5. The Balaban J connectivity index is 1.87. The van der Waals surface area contributed by atoms with Gasteiger partial charge in [-0.2, -0.15) is 0 Å². The molecule has 0 atom stereocenters. The SMILES string of the molecule is Cc1ccc(NCCC(=O)Nc2ccccc2OC(C)C)c(C)c1. The Morgan fingerprint density at radius 3 is 2.54 bits per heavy atom. The number of anilines is 2. The second-order valence-electron chi connectivity index (χ2n) is 6.21. The van der Waals surface area contributed by atoms with Crippen LogP contribution in [-0.4, -0.2) is 18.6 Å². The predicted octanol–water partition coefficient (Wildman–Crippen LogP) is 4.53. The van der Waals surface area contributed by atoms with Crippen molar-refractivity contribution in [3.05, 3.63) is 53.6 Å². The van der Waals surface area contributed by atoms with Crippen molar-refractivity contribution in [1.82, 2.24) is 0 Å². The number of benzene rings is 2. The molecule has 1 amide bonds. The van der Waals surface area contributed by atoms with E-state index in [2.05, 4.69) is 36.6 Å². The number of carbonyl (C=O) groups excluding carboxylic acids is 1. The van der Waals surface area contributed by atoms with Gasteiger partial charge in [0.05, 0.1) is 11.8 Å². The topological polar surface area (TPSA) is 50.4 Å². The first-order chi connectivity index (χ1) is 11.5. The molecule has 0 fully saturated rings. The van der Waals surface area contributed by atoms with E-state index in [0.29, 0.717) is 24.4 Å². The normalized spacial score (nSPS) is 10.5. The highest BCUT2D eigenvalue weighted by Crippen LogP contribution is 2.25. The molecule has 0 spiro atoms. The van der Waals surface area contributed by atoms with Gasteiger partial charge in [-0.15, -0.1) is 0 Å². The van der Waals surface area contributed by atoms with Crippen molar-refractivity contribution < 1.29 is 9.53 Å². The molecule has 128 valence electrons. The maximum absolute atomic E-state index is 12.2. The summed E-state index contributed by atoms with van der Waals surface area (Å²) < 4.78 is 5.72. The smallest absolute Gasteiger partial charge is 0.226 e. The zero-order valence-corrected chi connectivity index (χ0v) is 14.8. The third-order valence-electron chi connectivity index (χ3n) is 3.57. The first kappa shape index (κ1) is 17.9. The molecule has 2 rings (SSSR count). The van der Waals surface area contributed by atoms with E-state index in [0.717, 1.165) is 5.69 Å². The van der Waals surface area contributed by atoms with Crippen LogP contribution in [0.1, 0.15) is 31.4 Å². The van der Waals surface area contributed by atoms with Crippen LogP contribution in [0.3, 0.4) is 0 Å². The number of carbonyl (C=O) groups is 1. The first-order valence-corrected chi connectivity index (χ1v) is 8.32. The van der Waals surface area contributed by atoms with Gasteiger partial charge in [-0.1, -0.05) is 29.8 Å². The molecule has 0 radical (unpaired) electrons. The van der Waals surface area contributed by atoms with E-state index in [4.69, 9.17) is 4.74 Å². The van der Waals surface area contributed by atoms with E-state index in [9.17, 15) is 4.79 Å². The van der Waals surface area contributed by atoms with Gasteiger partial charge in [0.2, 0.25) is 5.91 Å². The minimum atomic E-state index is -0.0351. The van der Waals surface area contributed by atoms with Crippen LogP contribution < -0.4 is 15.4 Å². The van der Waals surface area contributed by atoms with Gasteiger partial charge in [-0.3, -0.25) is 4.79 Å². The van der Waals surface area contributed by atoms with Gasteiger partial charge >= 0.3 is 0 Å². The van der Waals surface area contributed by atoms with Gasteiger partial charge in [0.25, 0.3) is 0 Å². The fourth-order valence-electron chi connectivity index (χ4n) is 2.46. The predicted molar refractivity (Wildman–Crippen MR) is 99.9 cm³/mol. The highest BCUT2D eigenvalue weighted by molar-refractivity contribution is 5.92. The summed E-state index contributed by atoms with van der Waals surface area (Å²) in [6.07, 6.45) is 0.456. The summed E-state index contributed by atoms with van der Waals surface area (Å²) in [6.45, 7) is 8.65. The second-order valence-corrected chi connectivity index (χ2v) is 6.21. The fourth-order valence-corrected chi connectivity index (χ4v) is 2.46. The van der Waals surface area contributed by atoms with Gasteiger partial charge in [0.1, 0.15) is 5.75 Å². The monoisotopic (exact) mass is 326 g/mol. The van der Waals surface area contributed by atoms with Gasteiger partial charge < -0.3 is 15.4 Å². The molecule has 0 unspecified atom stereocenters. The maximum Gasteiger partial charge on any atom is 0.226 e. The largest absolute Gasteiger partial charge is 0.489 e. The molecule has 0 saturated carbocycles. The highest BCUT2D eigenvalue weighted by Gasteiger charge is 2.09. The molecular formula is C20H26N2O2. The summed E-state index contributed by atoms with van der Waals surface area (Å²) in [5.41, 5.74) is 4.20. The molecule has 4 nitrogen and oxygen atoms in total. The number of amides is 1. The molecule has 0 aliphatic heterocycles. The second kappa shape index (κ2) is 8.39. The van der Waals surface area contributed by atoms with Gasteiger partial charge in [-0.05, 0) is 51.5 Å². The van der Waals surface area contributed by atoms with Gasteiger partial charge in [0, 0.05) is 18.7 Å². The molecule has 24 heavy (non-hydrogen) atoms. The van der Waals surface area contributed by atoms with Crippen molar-refractivity contribution in [2.75, 3.05) is 17.2 Å². The minimum absolute atomic E-state index is 0.0351. The lowest BCUT2D eigenvalue weighted by atomic mass is 10.1. The Morgan fingerprint density at radius 2 is 1.83 bits per heavy atom. The molecule has 0 bridgehead atoms. The number of aryl methyl sites for hydroxylation is 2. The Bertz CT molecular complexity index is 696. The van der Waals surface area contributed by atoms with E-state index < -0.39 is 0 Å². The number of ether oxygens (including phenoxy) is 1. The summed E-state index contributed by atoms with van der Waals surface area (Å²) in [5.74, 6) is 0.662. The molecule has 0 aliphatic rings. The van der Waals surface area contributed by atoms with Gasteiger partial charge in [0.15, 0.2) is 0 Å². The van der Waals surface area contributed by atoms with Crippen LogP contribution in [0.5, 0.6) is 5.75 Å². The van der Waals surface area contributed by atoms with Crippen LogP contribution >= 0.6 is 0 Å². The fraction of sp³-hybridized carbons (Fsp3) is 0.350. The summed E-state index contributed by atoms with van der Waals surface area (Å²) in [4.78, 5) is 12.2. The summed E-state index contributed by atoms with van der Waals surface area (Å²) in [7, 11) is 0. The summed E-state index contributed by atoms with van der Waals surface area (Å²) in [6, 6.07) is 13.7. The van der Waals surface area contributed by atoms with Crippen molar-refractivity contribution in [2.24, 2.45) is 0 Å². The third-order valence-corrected chi connectivity index (χ3v) is 3.57. The zero-order valence-electron chi connectivity index (χ0n) is 14.8. The van der Waals surface area contributed by atoms with E-state index in [1.54, 1.807) is 0 Å². The molecule has 2 aromatic carbocycles. The Labute approximate surface area is 144 Å². The Hall–Kier alpha value is -2.49. The molecule has 4 heteroatoms. The average Bonchev–Trinajstić information content (AvgIpc) is 2.51. The van der Waals surface area contributed by atoms with Crippen LogP contribution in [0.2, 0.25) is 0 Å². The van der Waals surface area contributed by atoms with Crippen molar-refractivity contribution in [1.29, 1.82) is 0 Å². The number of nitrogens with one attached hydrogen (secondary N) is 2. The van der Waals surface area contributed by atoms with E-state index in [1.807, 2.05) is 44.2 Å². The van der Waals surface area contributed by atoms with Crippen LogP contribution in [0.25, 0.3) is 0 Å². The molecule has 0 aliphatic carbocycles. The maximum atomic E-state index is 12.2. The summed E-state index contributed by atoms with van der Waals surface area (Å²) in [5, 5.41) is 6.23. The quantitative estimate of drug-likeness (QED) is 0.786. The first-order valence-electron chi connectivity index (χ1n) is 8.32. The molecule has 0 aromatic heterocycles. The lowest BCUT2D eigenvalue weighted by molar-refractivity contribution is -0.116. The lowest BCUT2D eigenvalue weighted by Gasteiger charge is -2.15. The third kappa shape index (κ3) is 5.30. The van der Waals surface area contributed by atoms with Crippen LogP contribution in [0, 0.1) is 13.8 Å². The Morgan fingerprint density at radius 1 is 1.08 bits per heavy atom. The van der Waals surface area contributed by atoms with Crippen LogP contribution in [0.15, 0.2) is 42.5 Å². The van der Waals surface area contributed by atoms with Gasteiger partial charge in [-0.25, -0.2) is 0 Å². The highest BCUT2D eigenvalue weighted by atomic mass is 16.5. The molecule has 2 aromatic rings. The average molecular weight is 326 g/mol.